The number of rotatable bonds is 4. The predicted molar refractivity (Wildman–Crippen MR) is 97.0 cm³/mol. The van der Waals surface area contributed by atoms with E-state index in [1.807, 2.05) is 12.1 Å². The predicted octanol–water partition coefficient (Wildman–Crippen LogP) is 2.20. The zero-order chi connectivity index (χ0) is 18.2. The molecule has 9 heteroatoms. The largest absolute Gasteiger partial charge is 0.495 e. The van der Waals surface area contributed by atoms with Crippen molar-refractivity contribution in [3.63, 3.8) is 0 Å². The van der Waals surface area contributed by atoms with Crippen molar-refractivity contribution in [1.29, 1.82) is 0 Å². The van der Waals surface area contributed by atoms with Gasteiger partial charge < -0.3 is 9.64 Å². The Morgan fingerprint density at radius 2 is 1.88 bits per heavy atom. The number of benzene rings is 1. The first kappa shape index (κ1) is 18.0. The van der Waals surface area contributed by atoms with Crippen LogP contribution in [0.15, 0.2) is 23.1 Å². The molecule has 0 saturated carbocycles. The van der Waals surface area contributed by atoms with Crippen LogP contribution in [0.2, 0.25) is 5.02 Å². The summed E-state index contributed by atoms with van der Waals surface area (Å²) in [7, 11) is -1.94. The van der Waals surface area contributed by atoms with E-state index in [0.29, 0.717) is 42.6 Å². The summed E-state index contributed by atoms with van der Waals surface area (Å²) in [5.74, 6) is 0.724. The van der Waals surface area contributed by atoms with Crippen LogP contribution in [-0.4, -0.2) is 56.2 Å². The molecule has 0 aliphatic carbocycles. The summed E-state index contributed by atoms with van der Waals surface area (Å²) in [6, 6.07) is 5.43. The number of hydrogen-bond donors (Lipinski definition) is 1. The van der Waals surface area contributed by atoms with E-state index in [-0.39, 0.29) is 4.90 Å². The van der Waals surface area contributed by atoms with E-state index < -0.39 is 10.0 Å². The highest BCUT2D eigenvalue weighted by molar-refractivity contribution is 7.89. The topological polar surface area (TPSA) is 78.5 Å². The maximum Gasteiger partial charge on any atom is 0.246 e. The Morgan fingerprint density at radius 3 is 2.44 bits per heavy atom. The number of aromatic nitrogens is 2. The summed E-state index contributed by atoms with van der Waals surface area (Å²) >= 11 is 6.10. The number of aryl methyl sites for hydroxylation is 2. The van der Waals surface area contributed by atoms with Crippen molar-refractivity contribution in [3.05, 3.63) is 34.6 Å². The standard InChI is InChI=1S/C16H21ClN4O3S/c1-11-16(12(2)19-18-11)25(22,23)21-8-6-20(7-9-21)14-10-13(17)4-5-15(14)24-3/h4-5,10H,6-9H2,1-3H3,(H,18,19). The number of piperazine rings is 1. The van der Waals surface area contributed by atoms with Crippen LogP contribution < -0.4 is 9.64 Å². The second kappa shape index (κ2) is 6.86. The van der Waals surface area contributed by atoms with Gasteiger partial charge in [-0.25, -0.2) is 8.42 Å². The first-order chi connectivity index (χ1) is 11.8. The number of halogens is 1. The summed E-state index contributed by atoms with van der Waals surface area (Å²) in [5.41, 5.74) is 1.94. The number of anilines is 1. The number of methoxy groups -OCH3 is 1. The molecule has 2 heterocycles. The van der Waals surface area contributed by atoms with Crippen molar-refractivity contribution in [3.8, 4) is 5.75 Å². The van der Waals surface area contributed by atoms with Crippen molar-refractivity contribution < 1.29 is 13.2 Å². The molecule has 1 fully saturated rings. The summed E-state index contributed by atoms with van der Waals surface area (Å²) in [6.45, 7) is 5.32. The molecule has 0 amide bonds. The third-order valence-electron chi connectivity index (χ3n) is 4.38. The van der Waals surface area contributed by atoms with Gasteiger partial charge in [-0.1, -0.05) is 11.6 Å². The summed E-state index contributed by atoms with van der Waals surface area (Å²) in [6.07, 6.45) is 0. The molecule has 1 N–H and O–H groups in total. The molecule has 136 valence electrons. The van der Waals surface area contributed by atoms with E-state index in [2.05, 4.69) is 15.1 Å². The molecular formula is C16H21ClN4O3S. The zero-order valence-electron chi connectivity index (χ0n) is 14.4. The maximum absolute atomic E-state index is 12.9. The fourth-order valence-corrected chi connectivity index (χ4v) is 5.05. The van der Waals surface area contributed by atoms with E-state index >= 15 is 0 Å². The Morgan fingerprint density at radius 1 is 1.20 bits per heavy atom. The Kier molecular flexibility index (Phi) is 4.95. The van der Waals surface area contributed by atoms with Gasteiger partial charge in [-0.05, 0) is 32.0 Å². The van der Waals surface area contributed by atoms with Gasteiger partial charge in [0.2, 0.25) is 10.0 Å². The molecule has 0 atom stereocenters. The third kappa shape index (κ3) is 3.33. The summed E-state index contributed by atoms with van der Waals surface area (Å²) < 4.78 is 32.7. The van der Waals surface area contributed by atoms with Gasteiger partial charge in [-0.15, -0.1) is 0 Å². The molecule has 2 aromatic rings. The highest BCUT2D eigenvalue weighted by Gasteiger charge is 2.32. The fourth-order valence-electron chi connectivity index (χ4n) is 3.13. The molecular weight excluding hydrogens is 364 g/mol. The summed E-state index contributed by atoms with van der Waals surface area (Å²) in [5, 5.41) is 7.36. The van der Waals surface area contributed by atoms with Gasteiger partial charge in [0.05, 0.1) is 24.2 Å². The van der Waals surface area contributed by atoms with Gasteiger partial charge in [0.25, 0.3) is 0 Å². The quantitative estimate of drug-likeness (QED) is 0.874. The van der Waals surface area contributed by atoms with Gasteiger partial charge in [0.15, 0.2) is 0 Å². The van der Waals surface area contributed by atoms with Gasteiger partial charge >= 0.3 is 0 Å². The lowest BCUT2D eigenvalue weighted by atomic mass is 10.2. The monoisotopic (exact) mass is 384 g/mol. The minimum Gasteiger partial charge on any atom is -0.495 e. The Hall–Kier alpha value is -1.77. The van der Waals surface area contributed by atoms with E-state index in [1.165, 1.54) is 4.31 Å². The Bertz CT molecular complexity index is 854. The minimum absolute atomic E-state index is 0.279. The third-order valence-corrected chi connectivity index (χ3v) is 6.78. The average molecular weight is 385 g/mol. The van der Waals surface area contributed by atoms with Gasteiger partial charge in [-0.3, -0.25) is 5.10 Å². The molecule has 1 aliphatic heterocycles. The normalized spacial score (nSPS) is 16.2. The van der Waals surface area contributed by atoms with E-state index in [1.54, 1.807) is 27.0 Å². The van der Waals surface area contributed by atoms with Gasteiger partial charge in [0.1, 0.15) is 10.6 Å². The number of ether oxygens (including phenoxy) is 1. The number of nitrogens with one attached hydrogen (secondary N) is 1. The molecule has 1 aliphatic rings. The van der Waals surface area contributed by atoms with Crippen LogP contribution in [0.5, 0.6) is 5.75 Å². The number of sulfonamides is 1. The first-order valence-electron chi connectivity index (χ1n) is 7.95. The number of nitrogens with zero attached hydrogens (tertiary/aromatic N) is 3. The highest BCUT2D eigenvalue weighted by atomic mass is 35.5. The maximum atomic E-state index is 12.9. The molecule has 0 spiro atoms. The van der Waals surface area contributed by atoms with Gasteiger partial charge in [0, 0.05) is 31.2 Å². The Balaban J connectivity index is 1.80. The minimum atomic E-state index is -3.55. The van der Waals surface area contributed by atoms with Crippen LogP contribution in [0.4, 0.5) is 5.69 Å². The lowest BCUT2D eigenvalue weighted by Gasteiger charge is -2.36. The van der Waals surface area contributed by atoms with Crippen LogP contribution in [0.1, 0.15) is 11.4 Å². The second-order valence-corrected chi connectivity index (χ2v) is 8.28. The molecule has 0 unspecified atom stereocenters. The molecule has 25 heavy (non-hydrogen) atoms. The van der Waals surface area contributed by atoms with Crippen LogP contribution in [0.3, 0.4) is 0 Å². The lowest BCUT2D eigenvalue weighted by Crippen LogP contribution is -2.48. The Labute approximate surface area is 152 Å². The smallest absolute Gasteiger partial charge is 0.246 e. The van der Waals surface area contributed by atoms with Crippen molar-refractivity contribution >= 4 is 27.3 Å². The van der Waals surface area contributed by atoms with Crippen molar-refractivity contribution in [2.45, 2.75) is 18.7 Å². The van der Waals surface area contributed by atoms with Crippen LogP contribution in [0, 0.1) is 13.8 Å². The number of hydrogen-bond acceptors (Lipinski definition) is 5. The zero-order valence-corrected chi connectivity index (χ0v) is 16.0. The number of aromatic amines is 1. The SMILES string of the molecule is COc1ccc(Cl)cc1N1CCN(S(=O)(=O)c2c(C)n[nH]c2C)CC1. The first-order valence-corrected chi connectivity index (χ1v) is 9.76. The van der Waals surface area contributed by atoms with Crippen LogP contribution in [-0.2, 0) is 10.0 Å². The molecule has 0 radical (unpaired) electrons. The lowest BCUT2D eigenvalue weighted by molar-refractivity contribution is 0.378. The molecule has 1 aromatic carbocycles. The van der Waals surface area contributed by atoms with Crippen molar-refractivity contribution in [1.82, 2.24) is 14.5 Å². The van der Waals surface area contributed by atoms with Crippen molar-refractivity contribution in [2.24, 2.45) is 0 Å². The van der Waals surface area contributed by atoms with Gasteiger partial charge in [-0.2, -0.15) is 9.40 Å². The van der Waals surface area contributed by atoms with E-state index in [9.17, 15) is 8.42 Å². The van der Waals surface area contributed by atoms with Crippen molar-refractivity contribution in [2.75, 3.05) is 38.2 Å². The second-order valence-electron chi connectivity index (χ2n) is 5.97. The average Bonchev–Trinajstić information content (AvgIpc) is 2.94. The summed E-state index contributed by atoms with van der Waals surface area (Å²) in [4.78, 5) is 2.37. The molecule has 7 nitrogen and oxygen atoms in total. The molecule has 3 rings (SSSR count). The molecule has 1 aromatic heterocycles. The molecule has 0 bridgehead atoms. The van der Waals surface area contributed by atoms with E-state index in [4.69, 9.17) is 16.3 Å². The van der Waals surface area contributed by atoms with E-state index in [0.717, 1.165) is 11.4 Å². The van der Waals surface area contributed by atoms with Crippen LogP contribution in [0.25, 0.3) is 0 Å². The fraction of sp³-hybridized carbons (Fsp3) is 0.438. The number of H-pyrrole nitrogens is 1. The van der Waals surface area contributed by atoms with Crippen LogP contribution >= 0.6 is 11.6 Å². The molecule has 1 saturated heterocycles. The highest BCUT2D eigenvalue weighted by Crippen LogP contribution is 2.32.